The van der Waals surface area contributed by atoms with E-state index in [2.05, 4.69) is 10.1 Å². The Morgan fingerprint density at radius 2 is 1.81 bits per heavy atom. The predicted molar refractivity (Wildman–Crippen MR) is 94.5 cm³/mol. The van der Waals surface area contributed by atoms with Crippen molar-refractivity contribution in [3.8, 4) is 22.9 Å². The number of hydrogen-bond donors (Lipinski definition) is 0. The van der Waals surface area contributed by atoms with Crippen LogP contribution in [0.25, 0.3) is 17.1 Å². The van der Waals surface area contributed by atoms with Gasteiger partial charge in [0.2, 0.25) is 5.88 Å². The Morgan fingerprint density at radius 1 is 1.07 bits per heavy atom. The Labute approximate surface area is 153 Å². The molecule has 0 saturated heterocycles. The van der Waals surface area contributed by atoms with Gasteiger partial charge in [-0.1, -0.05) is 11.2 Å². The minimum Gasteiger partial charge on any atom is -0.489 e. The van der Waals surface area contributed by atoms with Crippen LogP contribution in [0.3, 0.4) is 0 Å². The van der Waals surface area contributed by atoms with Gasteiger partial charge in [0.25, 0.3) is 0 Å². The molecule has 0 spiro atoms. The van der Waals surface area contributed by atoms with Gasteiger partial charge in [0.15, 0.2) is 0 Å². The third-order valence-electron chi connectivity index (χ3n) is 4.21. The van der Waals surface area contributed by atoms with Crippen LogP contribution in [0, 0.1) is 18.6 Å². The first-order valence-electron chi connectivity index (χ1n) is 8.24. The first-order valence-corrected chi connectivity index (χ1v) is 8.24. The molecule has 0 aliphatic rings. The second-order valence-electron chi connectivity index (χ2n) is 5.94. The van der Waals surface area contributed by atoms with Crippen LogP contribution in [0.4, 0.5) is 8.78 Å². The van der Waals surface area contributed by atoms with Crippen LogP contribution in [0.15, 0.2) is 65.7 Å². The van der Waals surface area contributed by atoms with Crippen molar-refractivity contribution in [1.82, 2.24) is 14.7 Å². The van der Waals surface area contributed by atoms with E-state index in [0.717, 1.165) is 11.1 Å². The molecule has 2 aromatic heterocycles. The molecule has 0 amide bonds. The van der Waals surface area contributed by atoms with Gasteiger partial charge in [-0.05, 0) is 43.3 Å². The van der Waals surface area contributed by atoms with Gasteiger partial charge in [0, 0.05) is 23.5 Å². The van der Waals surface area contributed by atoms with Crippen molar-refractivity contribution in [2.75, 3.05) is 0 Å². The average Bonchev–Trinajstić information content (AvgIpc) is 3.31. The lowest BCUT2D eigenvalue weighted by Gasteiger charge is -2.08. The molecule has 0 aliphatic heterocycles. The monoisotopic (exact) mass is 367 g/mol. The van der Waals surface area contributed by atoms with Gasteiger partial charge in [0.1, 0.15) is 36.0 Å². The smallest absolute Gasteiger partial charge is 0.240 e. The predicted octanol–water partition coefficient (Wildman–Crippen LogP) is 4.69. The number of imidazole rings is 1. The summed E-state index contributed by atoms with van der Waals surface area (Å²) in [5, 5.41) is 4.12. The summed E-state index contributed by atoms with van der Waals surface area (Å²) in [4.78, 5) is 4.00. The molecule has 0 fully saturated rings. The molecule has 0 bridgehead atoms. The van der Waals surface area contributed by atoms with Crippen LogP contribution < -0.4 is 4.74 Å². The fourth-order valence-corrected chi connectivity index (χ4v) is 2.75. The Kier molecular flexibility index (Phi) is 4.42. The summed E-state index contributed by atoms with van der Waals surface area (Å²) in [5.41, 5.74) is 2.31. The van der Waals surface area contributed by atoms with Gasteiger partial charge in [-0.2, -0.15) is 0 Å². The second-order valence-corrected chi connectivity index (χ2v) is 5.94. The quantitative estimate of drug-likeness (QED) is 0.513. The van der Waals surface area contributed by atoms with E-state index in [-0.39, 0.29) is 12.2 Å². The largest absolute Gasteiger partial charge is 0.489 e. The van der Waals surface area contributed by atoms with Gasteiger partial charge in [-0.3, -0.25) is 4.57 Å². The number of hydrogen-bond acceptors (Lipinski definition) is 4. The number of nitrogens with zero attached hydrogens (tertiary/aromatic N) is 3. The molecule has 4 aromatic rings. The second kappa shape index (κ2) is 7.03. The van der Waals surface area contributed by atoms with Crippen molar-refractivity contribution in [2.45, 2.75) is 13.5 Å². The van der Waals surface area contributed by atoms with Crippen LogP contribution in [0.1, 0.15) is 11.1 Å². The summed E-state index contributed by atoms with van der Waals surface area (Å²) < 4.78 is 40.0. The highest BCUT2D eigenvalue weighted by Gasteiger charge is 2.15. The van der Waals surface area contributed by atoms with Gasteiger partial charge < -0.3 is 9.26 Å². The molecule has 5 nitrogen and oxygen atoms in total. The van der Waals surface area contributed by atoms with Crippen LogP contribution in [0.5, 0.6) is 5.75 Å². The molecule has 0 saturated carbocycles. The molecule has 27 heavy (non-hydrogen) atoms. The molecular weight excluding hydrogens is 352 g/mol. The van der Waals surface area contributed by atoms with Gasteiger partial charge >= 0.3 is 0 Å². The lowest BCUT2D eigenvalue weighted by Crippen LogP contribution is -2.01. The van der Waals surface area contributed by atoms with E-state index in [1.165, 1.54) is 18.2 Å². The van der Waals surface area contributed by atoms with Crippen LogP contribution in [-0.4, -0.2) is 14.7 Å². The van der Waals surface area contributed by atoms with Crippen molar-refractivity contribution in [2.24, 2.45) is 0 Å². The Morgan fingerprint density at radius 3 is 2.48 bits per heavy atom. The van der Waals surface area contributed by atoms with E-state index < -0.39 is 11.6 Å². The van der Waals surface area contributed by atoms with E-state index in [1.807, 2.05) is 19.1 Å². The van der Waals surface area contributed by atoms with Gasteiger partial charge in [0.05, 0.1) is 5.56 Å². The highest BCUT2D eigenvalue weighted by Crippen LogP contribution is 2.28. The number of benzene rings is 2. The molecule has 0 atom stereocenters. The Balaban J connectivity index is 1.51. The highest BCUT2D eigenvalue weighted by atomic mass is 19.1. The van der Waals surface area contributed by atoms with E-state index in [4.69, 9.17) is 9.26 Å². The molecule has 4 rings (SSSR count). The minimum atomic E-state index is -0.628. The first kappa shape index (κ1) is 17.0. The van der Waals surface area contributed by atoms with Crippen molar-refractivity contribution in [1.29, 1.82) is 0 Å². The average molecular weight is 367 g/mol. The van der Waals surface area contributed by atoms with E-state index in [1.54, 1.807) is 35.4 Å². The summed E-state index contributed by atoms with van der Waals surface area (Å²) in [5.74, 6) is -0.163. The maximum absolute atomic E-state index is 13.7. The summed E-state index contributed by atoms with van der Waals surface area (Å²) in [6.07, 6.45) is 5.07. The maximum atomic E-state index is 13.7. The van der Waals surface area contributed by atoms with E-state index in [9.17, 15) is 8.78 Å². The molecule has 0 unspecified atom stereocenters. The zero-order valence-electron chi connectivity index (χ0n) is 14.4. The van der Waals surface area contributed by atoms with E-state index >= 15 is 0 Å². The van der Waals surface area contributed by atoms with Gasteiger partial charge in [-0.15, -0.1) is 0 Å². The van der Waals surface area contributed by atoms with Crippen molar-refractivity contribution in [3.63, 3.8) is 0 Å². The van der Waals surface area contributed by atoms with Crippen LogP contribution in [-0.2, 0) is 6.61 Å². The molecule has 7 heteroatoms. The number of aromatic nitrogens is 3. The van der Waals surface area contributed by atoms with Crippen molar-refractivity contribution < 1.29 is 18.0 Å². The fourth-order valence-electron chi connectivity index (χ4n) is 2.75. The maximum Gasteiger partial charge on any atom is 0.240 e. The molecular formula is C20H15F2N3O2. The lowest BCUT2D eigenvalue weighted by molar-refractivity contribution is 0.292. The number of ether oxygens (including phenoxy) is 1. The van der Waals surface area contributed by atoms with Crippen molar-refractivity contribution in [3.05, 3.63) is 83.9 Å². The SMILES string of the molecule is Cc1c(-c2ccc(OCc3c(F)cccc3F)cc2)noc1-n1ccnc1. The third-order valence-corrected chi connectivity index (χ3v) is 4.21. The first-order chi connectivity index (χ1) is 13.1. The highest BCUT2D eigenvalue weighted by molar-refractivity contribution is 5.65. The standard InChI is InChI=1S/C20H15F2N3O2/c1-13-19(24-27-20(13)25-10-9-23-12-25)14-5-7-15(8-6-14)26-11-16-17(21)3-2-4-18(16)22/h2-10,12H,11H2,1H3. The lowest BCUT2D eigenvalue weighted by atomic mass is 10.1. The molecule has 0 radical (unpaired) electrons. The zero-order valence-corrected chi connectivity index (χ0v) is 14.4. The molecule has 0 N–H and O–H groups in total. The van der Waals surface area contributed by atoms with Crippen LogP contribution >= 0.6 is 0 Å². The third kappa shape index (κ3) is 3.31. The molecule has 0 aliphatic carbocycles. The van der Waals surface area contributed by atoms with E-state index in [0.29, 0.717) is 17.3 Å². The van der Waals surface area contributed by atoms with Gasteiger partial charge in [-0.25, -0.2) is 13.8 Å². The summed E-state index contributed by atoms with van der Waals surface area (Å²) in [6.45, 7) is 1.72. The summed E-state index contributed by atoms with van der Waals surface area (Å²) in [6, 6.07) is 10.8. The Bertz CT molecular complexity index is 1040. The Hall–Kier alpha value is -3.48. The van der Waals surface area contributed by atoms with Crippen molar-refractivity contribution >= 4 is 0 Å². The zero-order chi connectivity index (χ0) is 18.8. The fraction of sp³-hybridized carbons (Fsp3) is 0.100. The van der Waals surface area contributed by atoms with Crippen LogP contribution in [0.2, 0.25) is 0 Å². The topological polar surface area (TPSA) is 53.1 Å². The normalized spacial score (nSPS) is 10.9. The summed E-state index contributed by atoms with van der Waals surface area (Å²) in [7, 11) is 0. The minimum absolute atomic E-state index is 0.0982. The molecule has 2 heterocycles. The number of rotatable bonds is 5. The summed E-state index contributed by atoms with van der Waals surface area (Å²) >= 11 is 0. The molecule has 2 aromatic carbocycles. The molecule has 136 valence electrons. The number of halogens is 2.